The Morgan fingerprint density at radius 1 is 1.02 bits per heavy atom. The highest BCUT2D eigenvalue weighted by Crippen LogP contribution is 2.41. The molecule has 8 heteroatoms. The Balaban J connectivity index is 1.37. The zero-order chi connectivity index (χ0) is 29.7. The number of ether oxygens (including phenoxy) is 2. The van der Waals surface area contributed by atoms with Gasteiger partial charge >= 0.3 is 5.97 Å². The number of rotatable bonds is 6. The number of carbonyl (C=O) groups is 1. The van der Waals surface area contributed by atoms with Crippen LogP contribution < -0.4 is 4.74 Å². The minimum Gasteiger partial charge on any atom is -0.493 e. The predicted octanol–water partition coefficient (Wildman–Crippen LogP) is 6.77. The predicted molar refractivity (Wildman–Crippen MR) is 162 cm³/mol. The number of aromatic nitrogens is 3. The molecule has 0 atom stereocenters. The summed E-state index contributed by atoms with van der Waals surface area (Å²) in [5.41, 5.74) is 8.42. The first-order chi connectivity index (χ1) is 20.9. The van der Waals surface area contributed by atoms with Gasteiger partial charge in [0.05, 0.1) is 36.7 Å². The van der Waals surface area contributed by atoms with Crippen LogP contribution in [0, 0.1) is 12.7 Å². The van der Waals surface area contributed by atoms with E-state index in [1.54, 1.807) is 15.3 Å². The zero-order valence-corrected chi connectivity index (χ0v) is 24.5. The lowest BCUT2D eigenvalue weighted by atomic mass is 9.97. The van der Waals surface area contributed by atoms with Gasteiger partial charge in [0.1, 0.15) is 17.3 Å². The lowest BCUT2D eigenvalue weighted by molar-refractivity contribution is 0.0684. The largest absolute Gasteiger partial charge is 0.493 e. The Hall–Kier alpha value is -4.43. The second kappa shape index (κ2) is 11.0. The van der Waals surface area contributed by atoms with Crippen molar-refractivity contribution >= 4 is 16.9 Å². The van der Waals surface area contributed by atoms with Crippen LogP contribution in [0.4, 0.5) is 4.39 Å². The van der Waals surface area contributed by atoms with Crippen molar-refractivity contribution in [3.05, 3.63) is 105 Å². The zero-order valence-electron chi connectivity index (χ0n) is 24.5. The summed E-state index contributed by atoms with van der Waals surface area (Å²) in [7, 11) is 1.83. The van der Waals surface area contributed by atoms with Gasteiger partial charge in [-0.1, -0.05) is 36.4 Å². The number of halogens is 1. The summed E-state index contributed by atoms with van der Waals surface area (Å²) >= 11 is 0. The van der Waals surface area contributed by atoms with Crippen LogP contribution in [0.1, 0.15) is 62.5 Å². The number of carboxylic acids is 1. The number of benzene rings is 3. The fourth-order valence-corrected chi connectivity index (χ4v) is 7.01. The highest BCUT2D eigenvalue weighted by molar-refractivity contribution is 6.04. The average Bonchev–Trinajstić information content (AvgIpc) is 3.66. The molecule has 2 aromatic heterocycles. The van der Waals surface area contributed by atoms with Gasteiger partial charge < -0.3 is 19.1 Å². The number of aryl methyl sites for hydroxylation is 4. The summed E-state index contributed by atoms with van der Waals surface area (Å²) in [4.78, 5) is 13.0. The number of hydrogen-bond acceptors (Lipinski definition) is 4. The Bertz CT molecular complexity index is 1890. The van der Waals surface area contributed by atoms with Gasteiger partial charge in [0, 0.05) is 30.1 Å². The van der Waals surface area contributed by atoms with Crippen LogP contribution in [-0.2, 0) is 50.8 Å². The van der Waals surface area contributed by atoms with Gasteiger partial charge in [-0.2, -0.15) is 5.10 Å². The van der Waals surface area contributed by atoms with Gasteiger partial charge in [-0.25, -0.2) is 9.18 Å². The van der Waals surface area contributed by atoms with E-state index in [1.807, 2.05) is 50.4 Å². The summed E-state index contributed by atoms with van der Waals surface area (Å²) in [6.07, 6.45) is 4.36. The molecule has 0 fully saturated rings. The highest BCUT2D eigenvalue weighted by atomic mass is 19.1. The summed E-state index contributed by atoms with van der Waals surface area (Å²) < 4.78 is 31.9. The maximum Gasteiger partial charge on any atom is 0.352 e. The van der Waals surface area contributed by atoms with Gasteiger partial charge in [0.25, 0.3) is 0 Å². The van der Waals surface area contributed by atoms with Crippen LogP contribution in [0.2, 0.25) is 0 Å². The number of aromatic carboxylic acids is 1. The van der Waals surface area contributed by atoms with E-state index < -0.39 is 11.8 Å². The Labute approximate surface area is 249 Å². The normalized spacial score (nSPS) is 14.2. The molecule has 0 radical (unpaired) electrons. The number of nitrogens with zero attached hydrogens (tertiary/aromatic N) is 3. The van der Waals surface area contributed by atoms with Crippen molar-refractivity contribution in [2.75, 3.05) is 6.61 Å². The van der Waals surface area contributed by atoms with E-state index in [0.29, 0.717) is 54.0 Å². The second-order valence-corrected chi connectivity index (χ2v) is 11.5. The second-order valence-electron chi connectivity index (χ2n) is 11.5. The van der Waals surface area contributed by atoms with E-state index in [9.17, 15) is 9.90 Å². The molecule has 5 aromatic rings. The molecule has 0 saturated carbocycles. The number of hydrogen-bond donors (Lipinski definition) is 1. The van der Waals surface area contributed by atoms with Crippen LogP contribution in [-0.4, -0.2) is 32.0 Å². The third-order valence-corrected chi connectivity index (χ3v) is 8.95. The molecule has 0 spiro atoms. The molecular formula is C35H34FN3O4. The van der Waals surface area contributed by atoms with Crippen molar-refractivity contribution < 1.29 is 23.8 Å². The molecule has 1 aliphatic carbocycles. The fraction of sp³-hybridized carbons (Fsp3) is 0.314. The quantitative estimate of drug-likeness (QED) is 0.225. The first kappa shape index (κ1) is 27.4. The summed E-state index contributed by atoms with van der Waals surface area (Å²) in [5.74, 6) is -0.528. The number of fused-ring (bicyclic) bond motifs is 4. The van der Waals surface area contributed by atoms with Crippen molar-refractivity contribution in [3.63, 3.8) is 0 Å². The fourth-order valence-electron chi connectivity index (χ4n) is 7.01. The summed E-state index contributed by atoms with van der Waals surface area (Å²) in [5, 5.41) is 16.0. The lowest BCUT2D eigenvalue weighted by Crippen LogP contribution is -2.13. The van der Waals surface area contributed by atoms with Crippen molar-refractivity contribution in [1.29, 1.82) is 0 Å². The van der Waals surface area contributed by atoms with E-state index in [0.717, 1.165) is 47.2 Å². The molecule has 3 aromatic carbocycles. The van der Waals surface area contributed by atoms with Crippen LogP contribution in [0.15, 0.2) is 54.6 Å². The van der Waals surface area contributed by atoms with E-state index in [2.05, 4.69) is 11.2 Å². The highest BCUT2D eigenvalue weighted by Gasteiger charge is 2.30. The minimum atomic E-state index is -1.04. The van der Waals surface area contributed by atoms with Crippen LogP contribution in [0.25, 0.3) is 22.0 Å². The molecule has 0 bridgehead atoms. The summed E-state index contributed by atoms with van der Waals surface area (Å²) in [6.45, 7) is 3.18. The topological polar surface area (TPSA) is 78.5 Å². The lowest BCUT2D eigenvalue weighted by Gasteiger charge is -2.14. The molecule has 0 saturated heterocycles. The maximum atomic E-state index is 16.0. The SMILES string of the molecule is Cc1nn(C)c2c1-c1c(F)ccc3c(CCCOc4cccc5c4CCC5)c(C(=O)O)n(c13)Cc1ccccc1COC2. The Morgan fingerprint density at radius 2 is 1.84 bits per heavy atom. The molecule has 220 valence electrons. The number of carboxylic acid groups (broad SMARTS) is 1. The molecule has 2 aliphatic rings. The average molecular weight is 580 g/mol. The summed E-state index contributed by atoms with van der Waals surface area (Å²) in [6, 6.07) is 17.3. The first-order valence-electron chi connectivity index (χ1n) is 14.9. The monoisotopic (exact) mass is 579 g/mol. The van der Waals surface area contributed by atoms with E-state index in [4.69, 9.17) is 9.47 Å². The van der Waals surface area contributed by atoms with Gasteiger partial charge in [-0.15, -0.1) is 0 Å². The Kier molecular flexibility index (Phi) is 7.01. The van der Waals surface area contributed by atoms with E-state index in [1.165, 1.54) is 17.2 Å². The molecule has 3 heterocycles. The third kappa shape index (κ3) is 4.70. The van der Waals surface area contributed by atoms with Crippen LogP contribution in [0.3, 0.4) is 0 Å². The standard InChI is InChI=1S/C35H34FN3O4/c1-21-31-29(38(2)37-21)20-42-19-24-9-4-3-8-23(24)18-39-33-27(15-16-28(36)32(31)33)26(34(39)35(40)41)13-7-17-43-30-14-6-11-22-10-5-12-25(22)30/h3-4,6,8-9,11,14-16H,5,7,10,12-13,17-20H2,1-2H3,(H,40,41). The third-order valence-electron chi connectivity index (χ3n) is 8.95. The van der Waals surface area contributed by atoms with Crippen molar-refractivity contribution in [1.82, 2.24) is 14.3 Å². The van der Waals surface area contributed by atoms with E-state index in [-0.39, 0.29) is 18.8 Å². The molecule has 1 N–H and O–H groups in total. The molecule has 7 nitrogen and oxygen atoms in total. The van der Waals surface area contributed by atoms with Gasteiger partial charge in [-0.05, 0) is 85.0 Å². The maximum absolute atomic E-state index is 16.0. The van der Waals surface area contributed by atoms with E-state index >= 15 is 4.39 Å². The molecule has 1 aliphatic heterocycles. The molecule has 7 rings (SSSR count). The van der Waals surface area contributed by atoms with Gasteiger partial charge in [0.2, 0.25) is 0 Å². The van der Waals surface area contributed by atoms with Crippen LogP contribution >= 0.6 is 0 Å². The first-order valence-corrected chi connectivity index (χ1v) is 14.9. The smallest absolute Gasteiger partial charge is 0.352 e. The minimum absolute atomic E-state index is 0.181. The van der Waals surface area contributed by atoms with Crippen molar-refractivity contribution in [2.24, 2.45) is 7.05 Å². The van der Waals surface area contributed by atoms with Gasteiger partial charge in [-0.3, -0.25) is 4.68 Å². The van der Waals surface area contributed by atoms with Crippen LogP contribution in [0.5, 0.6) is 5.75 Å². The van der Waals surface area contributed by atoms with Crippen molar-refractivity contribution in [2.45, 2.75) is 58.8 Å². The Morgan fingerprint density at radius 3 is 2.67 bits per heavy atom. The molecule has 0 unspecified atom stereocenters. The molecular weight excluding hydrogens is 545 g/mol. The van der Waals surface area contributed by atoms with Crippen molar-refractivity contribution in [3.8, 4) is 16.9 Å². The molecule has 0 amide bonds. The molecule has 43 heavy (non-hydrogen) atoms. The van der Waals surface area contributed by atoms with Gasteiger partial charge in [0.15, 0.2) is 0 Å².